The summed E-state index contributed by atoms with van der Waals surface area (Å²) in [5, 5.41) is 7.64. The molecule has 0 amide bonds. The lowest BCUT2D eigenvalue weighted by atomic mass is 9.81. The Bertz CT molecular complexity index is 2750. The molecule has 1 aromatic heterocycles. The Morgan fingerprint density at radius 2 is 0.765 bits per heavy atom. The molecule has 51 heavy (non-hydrogen) atoms. The molecule has 8 aromatic carbocycles. The van der Waals surface area contributed by atoms with Crippen LogP contribution in [0.4, 0.5) is 0 Å². The summed E-state index contributed by atoms with van der Waals surface area (Å²) in [6, 6.07) is 64.3. The quantitative estimate of drug-likeness (QED) is 0.173. The first-order valence-corrected chi connectivity index (χ1v) is 17.8. The van der Waals surface area contributed by atoms with Gasteiger partial charge in [0, 0.05) is 16.5 Å². The number of aromatic nitrogens is 1. The van der Waals surface area contributed by atoms with Crippen LogP contribution in [0.1, 0.15) is 25.0 Å². The van der Waals surface area contributed by atoms with Crippen molar-refractivity contribution in [2.24, 2.45) is 0 Å². The second-order valence-corrected chi connectivity index (χ2v) is 14.4. The minimum Gasteiger partial charge on any atom is -0.248 e. The van der Waals surface area contributed by atoms with Gasteiger partial charge in [-0.25, -0.2) is 4.98 Å². The van der Waals surface area contributed by atoms with Crippen LogP contribution in [0.5, 0.6) is 0 Å². The highest BCUT2D eigenvalue weighted by Gasteiger charge is 2.35. The molecular weight excluding hydrogens is 615 g/mol. The molecule has 0 radical (unpaired) electrons. The standard InChI is InChI=1S/C50H35N/c1-50(2)46-20-12-11-19-42(46)43-26-23-36(29-47(43)50)34-21-24-40-38-17-9-10-18-39(38)44-28-35(22-25-41(44)45(40)27-34)37-30-48(32-13-5-3-6-14-32)51-49(31-37)33-15-7-4-8-16-33/h3-31H,1-2H3. The van der Waals surface area contributed by atoms with E-state index in [9.17, 15) is 0 Å². The lowest BCUT2D eigenvalue weighted by Crippen LogP contribution is -2.14. The molecule has 0 atom stereocenters. The zero-order chi connectivity index (χ0) is 34.1. The number of benzene rings is 8. The molecule has 0 saturated carbocycles. The molecule has 0 spiro atoms. The van der Waals surface area contributed by atoms with Crippen molar-refractivity contribution in [2.75, 3.05) is 0 Å². The van der Waals surface area contributed by atoms with Crippen LogP contribution in [0.15, 0.2) is 176 Å². The van der Waals surface area contributed by atoms with E-state index in [0.717, 1.165) is 28.1 Å². The largest absolute Gasteiger partial charge is 0.248 e. The average molecular weight is 650 g/mol. The number of hydrogen-bond acceptors (Lipinski definition) is 1. The molecule has 0 unspecified atom stereocenters. The Balaban J connectivity index is 1.16. The van der Waals surface area contributed by atoms with Crippen molar-refractivity contribution < 1.29 is 0 Å². The van der Waals surface area contributed by atoms with Crippen LogP contribution in [0, 0.1) is 0 Å². The Labute approximate surface area is 298 Å². The van der Waals surface area contributed by atoms with E-state index in [1.807, 2.05) is 0 Å². The van der Waals surface area contributed by atoms with Crippen molar-refractivity contribution in [1.29, 1.82) is 0 Å². The molecule has 1 heterocycles. The summed E-state index contributed by atoms with van der Waals surface area (Å²) in [6.45, 7) is 4.71. The lowest BCUT2D eigenvalue weighted by Gasteiger charge is -2.22. The van der Waals surface area contributed by atoms with E-state index < -0.39 is 0 Å². The number of fused-ring (bicyclic) bond motifs is 9. The molecule has 1 nitrogen and oxygen atoms in total. The molecule has 9 aromatic rings. The highest BCUT2D eigenvalue weighted by molar-refractivity contribution is 6.26. The normalized spacial score (nSPS) is 13.1. The van der Waals surface area contributed by atoms with Crippen LogP contribution in [0.25, 0.3) is 88.2 Å². The topological polar surface area (TPSA) is 12.9 Å². The van der Waals surface area contributed by atoms with E-state index in [1.165, 1.54) is 71.3 Å². The van der Waals surface area contributed by atoms with Crippen LogP contribution < -0.4 is 0 Å². The predicted molar refractivity (Wildman–Crippen MR) is 216 cm³/mol. The van der Waals surface area contributed by atoms with Gasteiger partial charge in [0.05, 0.1) is 11.4 Å². The van der Waals surface area contributed by atoms with E-state index in [2.05, 4.69) is 190 Å². The Morgan fingerprint density at radius 1 is 0.314 bits per heavy atom. The van der Waals surface area contributed by atoms with Crippen molar-refractivity contribution in [1.82, 2.24) is 4.98 Å². The van der Waals surface area contributed by atoms with Gasteiger partial charge in [-0.1, -0.05) is 159 Å². The molecule has 1 aliphatic rings. The van der Waals surface area contributed by atoms with E-state index in [0.29, 0.717) is 0 Å². The van der Waals surface area contributed by atoms with Crippen molar-refractivity contribution in [3.05, 3.63) is 187 Å². The maximum atomic E-state index is 5.13. The van der Waals surface area contributed by atoms with E-state index in [1.54, 1.807) is 0 Å². The van der Waals surface area contributed by atoms with Crippen LogP contribution in [-0.2, 0) is 5.41 Å². The Hall–Kier alpha value is -6.31. The molecule has 0 N–H and O–H groups in total. The first-order chi connectivity index (χ1) is 25.0. The van der Waals surface area contributed by atoms with E-state index in [4.69, 9.17) is 4.98 Å². The summed E-state index contributed by atoms with van der Waals surface area (Å²) in [5.74, 6) is 0. The van der Waals surface area contributed by atoms with Gasteiger partial charge in [-0.3, -0.25) is 0 Å². The maximum absolute atomic E-state index is 5.13. The number of rotatable bonds is 4. The molecule has 0 aliphatic heterocycles. The smallest absolute Gasteiger partial charge is 0.0715 e. The average Bonchev–Trinajstić information content (AvgIpc) is 3.43. The summed E-state index contributed by atoms with van der Waals surface area (Å²) < 4.78 is 0. The molecular formula is C50H35N. The minimum atomic E-state index is -0.0359. The van der Waals surface area contributed by atoms with Gasteiger partial charge in [0.1, 0.15) is 0 Å². The van der Waals surface area contributed by atoms with Crippen LogP contribution in [0.2, 0.25) is 0 Å². The third kappa shape index (κ3) is 4.73. The molecule has 0 fully saturated rings. The maximum Gasteiger partial charge on any atom is 0.0715 e. The van der Waals surface area contributed by atoms with Gasteiger partial charge >= 0.3 is 0 Å². The SMILES string of the molecule is CC1(C)c2ccccc2-c2ccc(-c3ccc4c5ccccc5c5cc(-c6cc(-c7ccccc7)nc(-c7ccccc7)c6)ccc5c4c3)cc21. The van der Waals surface area contributed by atoms with Crippen molar-refractivity contribution >= 4 is 32.3 Å². The molecule has 240 valence electrons. The number of pyridine rings is 1. The zero-order valence-electron chi connectivity index (χ0n) is 28.7. The molecule has 10 rings (SSSR count). The highest BCUT2D eigenvalue weighted by Crippen LogP contribution is 2.50. The monoisotopic (exact) mass is 649 g/mol. The first-order valence-electron chi connectivity index (χ1n) is 17.8. The highest BCUT2D eigenvalue weighted by atomic mass is 14.7. The van der Waals surface area contributed by atoms with E-state index in [-0.39, 0.29) is 5.41 Å². The second-order valence-electron chi connectivity index (χ2n) is 14.4. The van der Waals surface area contributed by atoms with Gasteiger partial charge in [0.25, 0.3) is 0 Å². The van der Waals surface area contributed by atoms with Gasteiger partial charge in [-0.15, -0.1) is 0 Å². The predicted octanol–water partition coefficient (Wildman–Crippen LogP) is 13.5. The summed E-state index contributed by atoms with van der Waals surface area (Å²) in [7, 11) is 0. The molecule has 1 aliphatic carbocycles. The number of hydrogen-bond donors (Lipinski definition) is 0. The summed E-state index contributed by atoms with van der Waals surface area (Å²) >= 11 is 0. The fraction of sp³-hybridized carbons (Fsp3) is 0.0600. The van der Waals surface area contributed by atoms with Gasteiger partial charge in [-0.05, 0) is 107 Å². The van der Waals surface area contributed by atoms with Gasteiger partial charge in [0.15, 0.2) is 0 Å². The second kappa shape index (κ2) is 11.4. The van der Waals surface area contributed by atoms with Crippen LogP contribution in [-0.4, -0.2) is 4.98 Å². The third-order valence-electron chi connectivity index (χ3n) is 11.1. The van der Waals surface area contributed by atoms with Crippen molar-refractivity contribution in [3.63, 3.8) is 0 Å². The van der Waals surface area contributed by atoms with Crippen LogP contribution in [0.3, 0.4) is 0 Å². The number of nitrogens with zero attached hydrogens (tertiary/aromatic N) is 1. The van der Waals surface area contributed by atoms with Gasteiger partial charge < -0.3 is 0 Å². The van der Waals surface area contributed by atoms with Crippen molar-refractivity contribution in [2.45, 2.75) is 19.3 Å². The molecule has 0 bridgehead atoms. The zero-order valence-corrected chi connectivity index (χ0v) is 28.7. The summed E-state index contributed by atoms with van der Waals surface area (Å²) in [6.07, 6.45) is 0. The molecule has 0 saturated heterocycles. The van der Waals surface area contributed by atoms with Crippen molar-refractivity contribution in [3.8, 4) is 55.9 Å². The summed E-state index contributed by atoms with van der Waals surface area (Å²) in [4.78, 5) is 5.13. The Morgan fingerprint density at radius 3 is 1.41 bits per heavy atom. The van der Waals surface area contributed by atoms with E-state index >= 15 is 0 Å². The third-order valence-corrected chi connectivity index (χ3v) is 11.1. The fourth-order valence-electron chi connectivity index (χ4n) is 8.41. The van der Waals surface area contributed by atoms with Gasteiger partial charge in [-0.2, -0.15) is 0 Å². The summed E-state index contributed by atoms with van der Waals surface area (Å²) in [5.41, 5.74) is 14.5. The lowest BCUT2D eigenvalue weighted by molar-refractivity contribution is 0.660. The fourth-order valence-corrected chi connectivity index (χ4v) is 8.41. The Kier molecular flexibility index (Phi) is 6.60. The minimum absolute atomic E-state index is 0.0359. The van der Waals surface area contributed by atoms with Crippen LogP contribution >= 0.6 is 0 Å². The molecule has 1 heteroatoms. The first kappa shape index (κ1) is 29.6. The van der Waals surface area contributed by atoms with Gasteiger partial charge in [0.2, 0.25) is 0 Å².